The Balaban J connectivity index is 3.40. The fourth-order valence-electron chi connectivity index (χ4n) is 0.679. The van der Waals surface area contributed by atoms with Crippen LogP contribution < -0.4 is 0 Å². The van der Waals surface area contributed by atoms with E-state index in [2.05, 4.69) is 25.3 Å². The Morgan fingerprint density at radius 3 is 2.20 bits per heavy atom. The number of nitrogens with zero attached hydrogens (tertiary/aromatic N) is 1. The lowest BCUT2D eigenvalue weighted by Crippen LogP contribution is -2.10. The zero-order valence-corrected chi connectivity index (χ0v) is 7.65. The molecule has 0 spiro atoms. The van der Waals surface area contributed by atoms with Crippen molar-refractivity contribution in [2.75, 3.05) is 14.1 Å². The van der Waals surface area contributed by atoms with Crippen LogP contribution in [-0.2, 0) is 0 Å². The second kappa shape index (κ2) is 4.37. The molecule has 0 aromatic carbocycles. The van der Waals surface area contributed by atoms with Gasteiger partial charge in [-0.1, -0.05) is 20.4 Å². The molecule has 0 saturated heterocycles. The summed E-state index contributed by atoms with van der Waals surface area (Å²) in [5.41, 5.74) is 1.23. The lowest BCUT2D eigenvalue weighted by molar-refractivity contribution is 0.460. The molecule has 1 nitrogen and oxygen atoms in total. The highest BCUT2D eigenvalue weighted by Gasteiger charge is 1.98. The van der Waals surface area contributed by atoms with E-state index in [0.717, 1.165) is 12.3 Å². The SMILES string of the molecule is C=C(CCC(C)C)N(C)C. The van der Waals surface area contributed by atoms with Gasteiger partial charge in [-0.05, 0) is 18.8 Å². The minimum Gasteiger partial charge on any atom is -0.381 e. The Bertz CT molecular complexity index is 103. The molecule has 10 heavy (non-hydrogen) atoms. The van der Waals surface area contributed by atoms with E-state index in [-0.39, 0.29) is 0 Å². The standard InChI is InChI=1S/C9H19N/c1-8(2)6-7-9(3)10(4)5/h8H,3,6-7H2,1-2,4-5H3. The van der Waals surface area contributed by atoms with Gasteiger partial charge in [0.25, 0.3) is 0 Å². The lowest BCUT2D eigenvalue weighted by Gasteiger charge is -2.16. The molecule has 0 radical (unpaired) electrons. The molecule has 0 bridgehead atoms. The Labute approximate surface area is 64.7 Å². The van der Waals surface area contributed by atoms with Gasteiger partial charge in [-0.25, -0.2) is 0 Å². The van der Waals surface area contributed by atoms with Gasteiger partial charge in [-0.15, -0.1) is 0 Å². The van der Waals surface area contributed by atoms with Gasteiger partial charge in [0.2, 0.25) is 0 Å². The molecule has 0 rings (SSSR count). The second-order valence-corrected chi connectivity index (χ2v) is 3.39. The highest BCUT2D eigenvalue weighted by molar-refractivity contribution is 4.90. The third-order valence-electron chi connectivity index (χ3n) is 1.64. The van der Waals surface area contributed by atoms with Crippen LogP contribution in [0.25, 0.3) is 0 Å². The average Bonchev–Trinajstić information content (AvgIpc) is 1.82. The fourth-order valence-corrected chi connectivity index (χ4v) is 0.679. The summed E-state index contributed by atoms with van der Waals surface area (Å²) in [5, 5.41) is 0. The van der Waals surface area contributed by atoms with Gasteiger partial charge in [0.1, 0.15) is 0 Å². The van der Waals surface area contributed by atoms with Crippen molar-refractivity contribution in [3.8, 4) is 0 Å². The summed E-state index contributed by atoms with van der Waals surface area (Å²) in [6, 6.07) is 0. The highest BCUT2D eigenvalue weighted by atomic mass is 15.1. The summed E-state index contributed by atoms with van der Waals surface area (Å²) in [7, 11) is 4.09. The molecule has 0 amide bonds. The number of rotatable bonds is 4. The van der Waals surface area contributed by atoms with Crippen molar-refractivity contribution in [1.82, 2.24) is 4.90 Å². The van der Waals surface area contributed by atoms with Crippen molar-refractivity contribution < 1.29 is 0 Å². The van der Waals surface area contributed by atoms with E-state index in [9.17, 15) is 0 Å². The van der Waals surface area contributed by atoms with Gasteiger partial charge in [-0.3, -0.25) is 0 Å². The zero-order chi connectivity index (χ0) is 8.15. The minimum atomic E-state index is 0.789. The van der Waals surface area contributed by atoms with Gasteiger partial charge < -0.3 is 4.90 Å². The normalized spacial score (nSPS) is 10.1. The van der Waals surface area contributed by atoms with Crippen molar-refractivity contribution in [3.05, 3.63) is 12.3 Å². The minimum absolute atomic E-state index is 0.789. The van der Waals surface area contributed by atoms with Gasteiger partial charge in [-0.2, -0.15) is 0 Å². The Kier molecular flexibility index (Phi) is 4.17. The van der Waals surface area contributed by atoms with E-state index in [0.29, 0.717) is 0 Å². The maximum absolute atomic E-state index is 3.95. The van der Waals surface area contributed by atoms with Gasteiger partial charge >= 0.3 is 0 Å². The van der Waals surface area contributed by atoms with Crippen molar-refractivity contribution >= 4 is 0 Å². The van der Waals surface area contributed by atoms with Crippen molar-refractivity contribution in [3.63, 3.8) is 0 Å². The van der Waals surface area contributed by atoms with Crippen molar-refractivity contribution in [2.24, 2.45) is 5.92 Å². The first-order valence-corrected chi connectivity index (χ1v) is 3.89. The van der Waals surface area contributed by atoms with Crippen LogP contribution in [0.3, 0.4) is 0 Å². The van der Waals surface area contributed by atoms with Crippen LogP contribution in [0.15, 0.2) is 12.3 Å². The highest BCUT2D eigenvalue weighted by Crippen LogP contribution is 2.10. The summed E-state index contributed by atoms with van der Waals surface area (Å²) >= 11 is 0. The Morgan fingerprint density at radius 1 is 1.40 bits per heavy atom. The van der Waals surface area contributed by atoms with Gasteiger partial charge in [0, 0.05) is 19.8 Å². The molecule has 0 N–H and O–H groups in total. The summed E-state index contributed by atoms with van der Waals surface area (Å²) in [6.07, 6.45) is 2.38. The first-order chi connectivity index (χ1) is 4.54. The summed E-state index contributed by atoms with van der Waals surface area (Å²) < 4.78 is 0. The van der Waals surface area contributed by atoms with Crippen LogP contribution in [0.5, 0.6) is 0 Å². The Morgan fingerprint density at radius 2 is 1.90 bits per heavy atom. The van der Waals surface area contributed by atoms with Crippen LogP contribution in [0.1, 0.15) is 26.7 Å². The quantitative estimate of drug-likeness (QED) is 0.581. The summed E-state index contributed by atoms with van der Waals surface area (Å²) in [4.78, 5) is 2.09. The molecule has 0 fully saturated rings. The van der Waals surface area contributed by atoms with Crippen LogP contribution in [0, 0.1) is 5.92 Å². The molecule has 0 saturated carbocycles. The second-order valence-electron chi connectivity index (χ2n) is 3.39. The monoisotopic (exact) mass is 141 g/mol. The van der Waals surface area contributed by atoms with E-state index in [1.165, 1.54) is 12.1 Å². The third kappa shape index (κ3) is 4.42. The molecule has 1 heteroatoms. The zero-order valence-electron chi connectivity index (χ0n) is 7.65. The first-order valence-electron chi connectivity index (χ1n) is 3.89. The van der Waals surface area contributed by atoms with Gasteiger partial charge in [0.15, 0.2) is 0 Å². The molecule has 60 valence electrons. The average molecular weight is 141 g/mol. The molecule has 0 atom stereocenters. The lowest BCUT2D eigenvalue weighted by atomic mass is 10.1. The molecule has 0 aromatic rings. The summed E-state index contributed by atoms with van der Waals surface area (Å²) in [5.74, 6) is 0.789. The smallest absolute Gasteiger partial charge is 0.00579 e. The molecule has 0 heterocycles. The molecule has 0 aromatic heterocycles. The molecular formula is C9H19N. The molecular weight excluding hydrogens is 122 g/mol. The molecule has 0 aliphatic rings. The van der Waals surface area contributed by atoms with Crippen LogP contribution >= 0.6 is 0 Å². The first kappa shape index (κ1) is 9.54. The largest absolute Gasteiger partial charge is 0.381 e. The fraction of sp³-hybridized carbons (Fsp3) is 0.778. The maximum Gasteiger partial charge on any atom is 0.00579 e. The van der Waals surface area contributed by atoms with E-state index in [4.69, 9.17) is 0 Å². The predicted octanol–water partition coefficient (Wildman–Crippen LogP) is 2.50. The van der Waals surface area contributed by atoms with Crippen LogP contribution in [-0.4, -0.2) is 19.0 Å². The molecule has 0 aliphatic carbocycles. The molecule has 0 unspecified atom stereocenters. The molecule has 0 aliphatic heterocycles. The van der Waals surface area contributed by atoms with E-state index < -0.39 is 0 Å². The van der Waals surface area contributed by atoms with E-state index in [1.54, 1.807) is 0 Å². The van der Waals surface area contributed by atoms with Crippen molar-refractivity contribution in [1.29, 1.82) is 0 Å². The number of hydrogen-bond acceptors (Lipinski definition) is 1. The van der Waals surface area contributed by atoms with Crippen LogP contribution in [0.2, 0.25) is 0 Å². The number of hydrogen-bond donors (Lipinski definition) is 0. The van der Waals surface area contributed by atoms with Gasteiger partial charge in [0.05, 0.1) is 0 Å². The Hall–Kier alpha value is -0.460. The predicted molar refractivity (Wildman–Crippen MR) is 46.9 cm³/mol. The number of allylic oxidation sites excluding steroid dienone is 1. The van der Waals surface area contributed by atoms with E-state index >= 15 is 0 Å². The maximum atomic E-state index is 3.95. The summed E-state index contributed by atoms with van der Waals surface area (Å²) in [6.45, 7) is 8.43. The van der Waals surface area contributed by atoms with E-state index in [1.807, 2.05) is 14.1 Å². The third-order valence-corrected chi connectivity index (χ3v) is 1.64. The topological polar surface area (TPSA) is 3.24 Å². The van der Waals surface area contributed by atoms with Crippen molar-refractivity contribution in [2.45, 2.75) is 26.7 Å². The van der Waals surface area contributed by atoms with Crippen LogP contribution in [0.4, 0.5) is 0 Å².